The number of anilines is 1. The van der Waals surface area contributed by atoms with Gasteiger partial charge in [0.1, 0.15) is 5.82 Å². The Morgan fingerprint density at radius 1 is 1.46 bits per heavy atom. The maximum atomic E-state index is 13.9. The molecular formula is C17H23BrFN3O2. The van der Waals surface area contributed by atoms with Gasteiger partial charge in [-0.1, -0.05) is 22.9 Å². The average molecular weight is 400 g/mol. The molecule has 1 aromatic carbocycles. The summed E-state index contributed by atoms with van der Waals surface area (Å²) in [5.41, 5.74) is 0.169. The topological polar surface area (TPSA) is 61.4 Å². The van der Waals surface area contributed by atoms with E-state index in [2.05, 4.69) is 26.6 Å². The van der Waals surface area contributed by atoms with E-state index in [0.717, 1.165) is 19.4 Å². The number of benzene rings is 1. The van der Waals surface area contributed by atoms with Crippen LogP contribution in [0.2, 0.25) is 0 Å². The Labute approximate surface area is 150 Å². The Hall–Kier alpha value is -1.47. The quantitative estimate of drug-likeness (QED) is 0.799. The third-order valence-corrected chi connectivity index (χ3v) is 4.75. The van der Waals surface area contributed by atoms with Gasteiger partial charge in [-0.3, -0.25) is 14.5 Å². The molecule has 1 aromatic rings. The SMILES string of the molecule is CCC(=O)NC1CCCN(C(C)C(=O)Nc2ccc(Br)cc2F)C1. The summed E-state index contributed by atoms with van der Waals surface area (Å²) < 4.78 is 14.5. The molecule has 7 heteroatoms. The van der Waals surface area contributed by atoms with Crippen LogP contribution in [0.25, 0.3) is 0 Å². The van der Waals surface area contributed by atoms with Crippen LogP contribution in [0.15, 0.2) is 22.7 Å². The first-order valence-electron chi connectivity index (χ1n) is 8.20. The van der Waals surface area contributed by atoms with Gasteiger partial charge in [0.25, 0.3) is 0 Å². The summed E-state index contributed by atoms with van der Waals surface area (Å²) in [6, 6.07) is 4.20. The maximum absolute atomic E-state index is 13.9. The van der Waals surface area contributed by atoms with Gasteiger partial charge in [-0.2, -0.15) is 0 Å². The van der Waals surface area contributed by atoms with Gasteiger partial charge in [0, 0.05) is 23.5 Å². The van der Waals surface area contributed by atoms with Gasteiger partial charge in [-0.25, -0.2) is 4.39 Å². The lowest BCUT2D eigenvalue weighted by Gasteiger charge is -2.36. The van der Waals surface area contributed by atoms with Crippen molar-refractivity contribution >= 4 is 33.4 Å². The van der Waals surface area contributed by atoms with Crippen molar-refractivity contribution in [3.05, 3.63) is 28.5 Å². The van der Waals surface area contributed by atoms with Gasteiger partial charge < -0.3 is 10.6 Å². The highest BCUT2D eigenvalue weighted by Gasteiger charge is 2.28. The number of nitrogens with one attached hydrogen (secondary N) is 2. The molecule has 1 saturated heterocycles. The molecule has 0 aromatic heterocycles. The molecule has 0 saturated carbocycles. The van der Waals surface area contributed by atoms with Gasteiger partial charge in [-0.15, -0.1) is 0 Å². The first kappa shape index (κ1) is 18.9. The first-order chi connectivity index (χ1) is 11.4. The molecule has 0 bridgehead atoms. The summed E-state index contributed by atoms with van der Waals surface area (Å²) in [7, 11) is 0. The highest BCUT2D eigenvalue weighted by Crippen LogP contribution is 2.20. The Kier molecular flexibility index (Phi) is 6.74. The van der Waals surface area contributed by atoms with Crippen molar-refractivity contribution in [2.24, 2.45) is 0 Å². The van der Waals surface area contributed by atoms with Crippen molar-refractivity contribution in [3.8, 4) is 0 Å². The van der Waals surface area contributed by atoms with Crippen LogP contribution in [-0.4, -0.2) is 41.9 Å². The third kappa shape index (κ3) is 5.01. The number of nitrogens with zero attached hydrogens (tertiary/aromatic N) is 1. The van der Waals surface area contributed by atoms with E-state index in [1.165, 1.54) is 12.1 Å². The van der Waals surface area contributed by atoms with Crippen molar-refractivity contribution in [2.75, 3.05) is 18.4 Å². The number of carbonyl (C=O) groups is 2. The number of hydrogen-bond donors (Lipinski definition) is 2. The van der Waals surface area contributed by atoms with E-state index in [9.17, 15) is 14.0 Å². The molecule has 5 nitrogen and oxygen atoms in total. The van der Waals surface area contributed by atoms with Crippen molar-refractivity contribution in [1.29, 1.82) is 0 Å². The average Bonchev–Trinajstić information content (AvgIpc) is 2.56. The van der Waals surface area contributed by atoms with E-state index in [1.807, 2.05) is 11.8 Å². The molecule has 1 aliphatic rings. The molecule has 2 atom stereocenters. The zero-order chi connectivity index (χ0) is 17.7. The molecule has 2 N–H and O–H groups in total. The van der Waals surface area contributed by atoms with Crippen LogP contribution in [-0.2, 0) is 9.59 Å². The molecule has 1 fully saturated rings. The largest absolute Gasteiger partial charge is 0.352 e. The molecule has 2 rings (SSSR count). The maximum Gasteiger partial charge on any atom is 0.241 e. The van der Waals surface area contributed by atoms with Gasteiger partial charge in [-0.05, 0) is 44.5 Å². The van der Waals surface area contributed by atoms with Crippen LogP contribution in [0, 0.1) is 5.82 Å². The number of rotatable bonds is 5. The molecule has 0 radical (unpaired) electrons. The van der Waals surface area contributed by atoms with E-state index in [-0.39, 0.29) is 23.5 Å². The minimum absolute atomic E-state index is 0.0240. The second-order valence-electron chi connectivity index (χ2n) is 6.04. The first-order valence-corrected chi connectivity index (χ1v) is 8.99. The summed E-state index contributed by atoms with van der Waals surface area (Å²) in [5.74, 6) is -0.703. The number of piperidine rings is 1. The summed E-state index contributed by atoms with van der Waals surface area (Å²) in [6.45, 7) is 5.04. The lowest BCUT2D eigenvalue weighted by molar-refractivity contribution is -0.122. The van der Waals surface area contributed by atoms with Crippen LogP contribution in [0.1, 0.15) is 33.1 Å². The van der Waals surface area contributed by atoms with E-state index in [1.54, 1.807) is 13.0 Å². The highest BCUT2D eigenvalue weighted by atomic mass is 79.9. The molecule has 2 amide bonds. The lowest BCUT2D eigenvalue weighted by atomic mass is 10.0. The summed E-state index contributed by atoms with van der Waals surface area (Å²) >= 11 is 3.19. The predicted octanol–water partition coefficient (Wildman–Crippen LogP) is 2.91. The van der Waals surface area contributed by atoms with Crippen LogP contribution in [0.4, 0.5) is 10.1 Å². The predicted molar refractivity (Wildman–Crippen MR) is 95.2 cm³/mol. The van der Waals surface area contributed by atoms with Crippen LogP contribution >= 0.6 is 15.9 Å². The third-order valence-electron chi connectivity index (χ3n) is 4.26. The second-order valence-corrected chi connectivity index (χ2v) is 6.96. The highest BCUT2D eigenvalue weighted by molar-refractivity contribution is 9.10. The zero-order valence-electron chi connectivity index (χ0n) is 13.9. The Morgan fingerprint density at radius 2 is 2.21 bits per heavy atom. The van der Waals surface area contributed by atoms with Crippen LogP contribution in [0.3, 0.4) is 0 Å². The Morgan fingerprint density at radius 3 is 2.88 bits per heavy atom. The van der Waals surface area contributed by atoms with E-state index < -0.39 is 11.9 Å². The summed E-state index contributed by atoms with van der Waals surface area (Å²) in [5, 5.41) is 5.62. The van der Waals surface area contributed by atoms with E-state index in [4.69, 9.17) is 0 Å². The van der Waals surface area contributed by atoms with Gasteiger partial charge in [0.05, 0.1) is 11.7 Å². The number of hydrogen-bond acceptors (Lipinski definition) is 3. The molecular weight excluding hydrogens is 377 g/mol. The molecule has 0 spiro atoms. The molecule has 1 heterocycles. The molecule has 2 unspecified atom stereocenters. The van der Waals surface area contributed by atoms with Crippen LogP contribution < -0.4 is 10.6 Å². The van der Waals surface area contributed by atoms with Gasteiger partial charge in [0.15, 0.2) is 0 Å². The Balaban J connectivity index is 1.95. The fourth-order valence-corrected chi connectivity index (χ4v) is 3.13. The summed E-state index contributed by atoms with van der Waals surface area (Å²) in [6.07, 6.45) is 2.28. The van der Waals surface area contributed by atoms with Crippen molar-refractivity contribution < 1.29 is 14.0 Å². The second kappa shape index (κ2) is 8.58. The summed E-state index contributed by atoms with van der Waals surface area (Å²) in [4.78, 5) is 26.0. The minimum atomic E-state index is -0.475. The van der Waals surface area contributed by atoms with Crippen molar-refractivity contribution in [2.45, 2.75) is 45.2 Å². The molecule has 24 heavy (non-hydrogen) atoms. The standard InChI is InChI=1S/C17H23BrFN3O2/c1-3-16(23)20-13-5-4-8-22(10-13)11(2)17(24)21-15-7-6-12(18)9-14(15)19/h6-7,9,11,13H,3-5,8,10H2,1-2H3,(H,20,23)(H,21,24). The number of amides is 2. The van der Waals surface area contributed by atoms with Crippen molar-refractivity contribution in [1.82, 2.24) is 10.2 Å². The number of carbonyl (C=O) groups excluding carboxylic acids is 2. The van der Waals surface area contributed by atoms with E-state index >= 15 is 0 Å². The van der Waals surface area contributed by atoms with Gasteiger partial charge >= 0.3 is 0 Å². The number of likely N-dealkylation sites (tertiary alicyclic amines) is 1. The van der Waals surface area contributed by atoms with E-state index in [0.29, 0.717) is 17.4 Å². The van der Waals surface area contributed by atoms with Crippen LogP contribution in [0.5, 0.6) is 0 Å². The smallest absolute Gasteiger partial charge is 0.241 e. The fraction of sp³-hybridized carbons (Fsp3) is 0.529. The van der Waals surface area contributed by atoms with Gasteiger partial charge in [0.2, 0.25) is 11.8 Å². The monoisotopic (exact) mass is 399 g/mol. The lowest BCUT2D eigenvalue weighted by Crippen LogP contribution is -2.53. The number of halogens is 2. The normalized spacial score (nSPS) is 19.6. The molecule has 0 aliphatic carbocycles. The molecule has 132 valence electrons. The minimum Gasteiger partial charge on any atom is -0.352 e. The Bertz CT molecular complexity index is 611. The zero-order valence-corrected chi connectivity index (χ0v) is 15.5. The molecule has 1 aliphatic heterocycles. The van der Waals surface area contributed by atoms with Crippen molar-refractivity contribution in [3.63, 3.8) is 0 Å². The fourth-order valence-electron chi connectivity index (χ4n) is 2.80.